The first kappa shape index (κ1) is 20.1. The molecular weight excluding hydrogens is 386 g/mol. The first-order valence-electron chi connectivity index (χ1n) is 8.47. The summed E-state index contributed by atoms with van der Waals surface area (Å²) in [5, 5.41) is 9.55. The number of ether oxygens (including phenoxy) is 3. The van der Waals surface area contributed by atoms with Crippen LogP contribution in [0.2, 0.25) is 0 Å². The second kappa shape index (κ2) is 9.00. The summed E-state index contributed by atoms with van der Waals surface area (Å²) in [6.45, 7) is -2.89. The molecule has 0 saturated carbocycles. The first-order chi connectivity index (χ1) is 14.0. The molecule has 3 aromatic rings. The summed E-state index contributed by atoms with van der Waals surface area (Å²) in [6, 6.07) is 11.1. The van der Waals surface area contributed by atoms with Crippen molar-refractivity contribution in [2.45, 2.75) is 13.2 Å². The standard InChI is InChI=1S/C19H18F2N4O4/c1-27-13-6-3-11(4-7-13)17-23-16(24-25-17)10-22-18(26)12-5-8-14(29-19(20)21)15(9-12)28-2/h3-9,19H,10H2,1-2H3,(H,22,26)(H,23,24,25). The van der Waals surface area contributed by atoms with Crippen LogP contribution in [0.25, 0.3) is 11.4 Å². The SMILES string of the molecule is COc1ccc(-c2n[nH]c(CNC(=O)c3ccc(OC(F)F)c(OC)c3)n2)cc1. The van der Waals surface area contributed by atoms with Gasteiger partial charge in [-0.2, -0.15) is 13.9 Å². The van der Waals surface area contributed by atoms with Crippen LogP contribution in [0.4, 0.5) is 8.78 Å². The van der Waals surface area contributed by atoms with E-state index in [-0.39, 0.29) is 23.6 Å². The van der Waals surface area contributed by atoms with Crippen molar-refractivity contribution < 1.29 is 27.8 Å². The molecule has 3 rings (SSSR count). The van der Waals surface area contributed by atoms with E-state index in [1.54, 1.807) is 19.2 Å². The molecule has 1 aromatic heterocycles. The second-order valence-corrected chi connectivity index (χ2v) is 5.76. The molecule has 0 aliphatic rings. The van der Waals surface area contributed by atoms with Crippen molar-refractivity contribution in [1.29, 1.82) is 0 Å². The van der Waals surface area contributed by atoms with Gasteiger partial charge in [0, 0.05) is 11.1 Å². The van der Waals surface area contributed by atoms with Crippen LogP contribution >= 0.6 is 0 Å². The zero-order valence-corrected chi connectivity index (χ0v) is 15.6. The van der Waals surface area contributed by atoms with Crippen LogP contribution in [-0.2, 0) is 6.54 Å². The van der Waals surface area contributed by atoms with Crippen molar-refractivity contribution in [3.8, 4) is 28.6 Å². The molecule has 0 fully saturated rings. The van der Waals surface area contributed by atoms with Crippen LogP contribution in [-0.4, -0.2) is 41.9 Å². The number of carbonyl (C=O) groups excluding carboxylic acids is 1. The molecule has 0 saturated heterocycles. The van der Waals surface area contributed by atoms with Gasteiger partial charge in [-0.25, -0.2) is 4.98 Å². The third-order valence-corrected chi connectivity index (χ3v) is 3.94. The van der Waals surface area contributed by atoms with Gasteiger partial charge in [-0.1, -0.05) is 0 Å². The number of carbonyl (C=O) groups is 1. The lowest BCUT2D eigenvalue weighted by Crippen LogP contribution is -2.23. The fourth-order valence-corrected chi connectivity index (χ4v) is 2.51. The number of H-pyrrole nitrogens is 1. The number of alkyl halides is 2. The van der Waals surface area contributed by atoms with Crippen molar-refractivity contribution in [1.82, 2.24) is 20.5 Å². The Morgan fingerprint density at radius 1 is 1.10 bits per heavy atom. The maximum Gasteiger partial charge on any atom is 0.387 e. The van der Waals surface area contributed by atoms with Gasteiger partial charge in [-0.05, 0) is 42.5 Å². The topological polar surface area (TPSA) is 98.4 Å². The van der Waals surface area contributed by atoms with Gasteiger partial charge in [-0.3, -0.25) is 9.89 Å². The highest BCUT2D eigenvalue weighted by molar-refractivity contribution is 5.94. The highest BCUT2D eigenvalue weighted by Gasteiger charge is 2.15. The summed E-state index contributed by atoms with van der Waals surface area (Å²) >= 11 is 0. The van der Waals surface area contributed by atoms with E-state index in [4.69, 9.17) is 9.47 Å². The Morgan fingerprint density at radius 3 is 2.52 bits per heavy atom. The average molecular weight is 404 g/mol. The molecule has 0 bridgehead atoms. The van der Waals surface area contributed by atoms with Gasteiger partial charge in [-0.15, -0.1) is 0 Å². The van der Waals surface area contributed by atoms with E-state index in [9.17, 15) is 13.6 Å². The highest BCUT2D eigenvalue weighted by atomic mass is 19.3. The van der Waals surface area contributed by atoms with Gasteiger partial charge < -0.3 is 19.5 Å². The first-order valence-corrected chi connectivity index (χ1v) is 8.47. The Kier molecular flexibility index (Phi) is 6.22. The molecule has 0 spiro atoms. The average Bonchev–Trinajstić information content (AvgIpc) is 3.21. The number of methoxy groups -OCH3 is 2. The molecule has 2 aromatic carbocycles. The van der Waals surface area contributed by atoms with Gasteiger partial charge in [0.05, 0.1) is 20.8 Å². The third kappa shape index (κ3) is 4.98. The molecule has 10 heteroatoms. The maximum atomic E-state index is 12.4. The summed E-state index contributed by atoms with van der Waals surface area (Å²) < 4.78 is 39.2. The largest absolute Gasteiger partial charge is 0.497 e. The minimum absolute atomic E-state index is 0.0272. The lowest BCUT2D eigenvalue weighted by molar-refractivity contribution is -0.0512. The van der Waals surface area contributed by atoms with Crippen LogP contribution in [0.3, 0.4) is 0 Å². The minimum atomic E-state index is -2.99. The number of benzene rings is 2. The molecule has 2 N–H and O–H groups in total. The van der Waals surface area contributed by atoms with E-state index in [1.165, 1.54) is 25.3 Å². The zero-order valence-electron chi connectivity index (χ0n) is 15.6. The van der Waals surface area contributed by atoms with E-state index in [0.29, 0.717) is 11.6 Å². The molecule has 0 aliphatic heterocycles. The number of rotatable bonds is 8. The predicted octanol–water partition coefficient (Wildman–Crippen LogP) is 3.02. The normalized spacial score (nSPS) is 10.7. The van der Waals surface area contributed by atoms with Crippen LogP contribution in [0.1, 0.15) is 16.2 Å². The number of halogens is 2. The van der Waals surface area contributed by atoms with E-state index in [2.05, 4.69) is 25.2 Å². The molecule has 1 heterocycles. The summed E-state index contributed by atoms with van der Waals surface area (Å²) in [5.74, 6) is 1.09. The molecule has 152 valence electrons. The number of aromatic amines is 1. The number of aromatic nitrogens is 3. The van der Waals surface area contributed by atoms with Crippen molar-refractivity contribution in [2.24, 2.45) is 0 Å². The van der Waals surface area contributed by atoms with Crippen LogP contribution in [0.15, 0.2) is 42.5 Å². The zero-order chi connectivity index (χ0) is 20.8. The monoisotopic (exact) mass is 404 g/mol. The second-order valence-electron chi connectivity index (χ2n) is 5.76. The van der Waals surface area contributed by atoms with Crippen molar-refractivity contribution in [3.05, 3.63) is 53.9 Å². The minimum Gasteiger partial charge on any atom is -0.497 e. The predicted molar refractivity (Wildman–Crippen MR) is 99.2 cm³/mol. The van der Waals surface area contributed by atoms with Crippen LogP contribution in [0, 0.1) is 0 Å². The molecule has 0 unspecified atom stereocenters. The molecule has 0 radical (unpaired) electrons. The Balaban J connectivity index is 1.64. The van der Waals surface area contributed by atoms with E-state index in [0.717, 1.165) is 11.3 Å². The van der Waals surface area contributed by atoms with Gasteiger partial charge in [0.15, 0.2) is 17.3 Å². The van der Waals surface area contributed by atoms with Crippen LogP contribution in [0.5, 0.6) is 17.2 Å². The number of hydrogen-bond donors (Lipinski definition) is 2. The van der Waals surface area contributed by atoms with E-state index >= 15 is 0 Å². The van der Waals surface area contributed by atoms with Gasteiger partial charge in [0.1, 0.15) is 11.6 Å². The van der Waals surface area contributed by atoms with Crippen LogP contribution < -0.4 is 19.5 Å². The van der Waals surface area contributed by atoms with Crippen molar-refractivity contribution in [2.75, 3.05) is 14.2 Å². The summed E-state index contributed by atoms with van der Waals surface area (Å²) in [7, 11) is 2.88. The number of nitrogens with zero attached hydrogens (tertiary/aromatic N) is 2. The number of nitrogens with one attached hydrogen (secondary N) is 2. The Hall–Kier alpha value is -3.69. The molecular formula is C19H18F2N4O4. The van der Waals surface area contributed by atoms with Gasteiger partial charge in [0.25, 0.3) is 5.91 Å². The van der Waals surface area contributed by atoms with Gasteiger partial charge >= 0.3 is 6.61 Å². The highest BCUT2D eigenvalue weighted by Crippen LogP contribution is 2.29. The molecule has 1 amide bonds. The number of amides is 1. The molecule has 8 nitrogen and oxygen atoms in total. The summed E-state index contributed by atoms with van der Waals surface area (Å²) in [4.78, 5) is 16.7. The number of hydrogen-bond acceptors (Lipinski definition) is 6. The summed E-state index contributed by atoms with van der Waals surface area (Å²) in [5.41, 5.74) is 1.01. The van der Waals surface area contributed by atoms with Crippen molar-refractivity contribution >= 4 is 5.91 Å². The molecule has 0 aliphatic carbocycles. The molecule has 29 heavy (non-hydrogen) atoms. The Morgan fingerprint density at radius 2 is 1.86 bits per heavy atom. The third-order valence-electron chi connectivity index (χ3n) is 3.94. The van der Waals surface area contributed by atoms with E-state index in [1.807, 2.05) is 12.1 Å². The lowest BCUT2D eigenvalue weighted by atomic mass is 10.2. The van der Waals surface area contributed by atoms with E-state index < -0.39 is 12.5 Å². The summed E-state index contributed by atoms with van der Waals surface area (Å²) in [6.07, 6.45) is 0. The Bertz CT molecular complexity index is 977. The Labute approximate surface area is 164 Å². The quantitative estimate of drug-likeness (QED) is 0.599. The fourth-order valence-electron chi connectivity index (χ4n) is 2.51. The lowest BCUT2D eigenvalue weighted by Gasteiger charge is -2.11. The van der Waals surface area contributed by atoms with Gasteiger partial charge in [0.2, 0.25) is 0 Å². The van der Waals surface area contributed by atoms with Crippen molar-refractivity contribution in [3.63, 3.8) is 0 Å². The maximum absolute atomic E-state index is 12.4. The smallest absolute Gasteiger partial charge is 0.387 e. The fraction of sp³-hybridized carbons (Fsp3) is 0.211. The molecule has 0 atom stereocenters.